The summed E-state index contributed by atoms with van der Waals surface area (Å²) in [5.74, 6) is 0.938. The maximum atomic E-state index is 12.7. The van der Waals surface area contributed by atoms with Crippen LogP contribution in [0.3, 0.4) is 0 Å². The van der Waals surface area contributed by atoms with E-state index in [0.717, 1.165) is 38.3 Å². The molecule has 0 aliphatic carbocycles. The largest absolute Gasteiger partial charge is 0.508 e. The Balaban J connectivity index is 1.51. The molecule has 0 bridgehead atoms. The van der Waals surface area contributed by atoms with E-state index in [-0.39, 0.29) is 11.9 Å². The number of hydrogen-bond donors (Lipinski definition) is 3. The molecule has 1 atom stereocenters. The summed E-state index contributed by atoms with van der Waals surface area (Å²) in [5.41, 5.74) is 2.30. The van der Waals surface area contributed by atoms with Gasteiger partial charge in [-0.3, -0.25) is 4.79 Å². The van der Waals surface area contributed by atoms with Crippen LogP contribution in [0.15, 0.2) is 54.6 Å². The van der Waals surface area contributed by atoms with E-state index in [2.05, 4.69) is 36.2 Å². The number of amides is 1. The number of rotatable bonds is 7. The predicted octanol–water partition coefficient (Wildman–Crippen LogP) is 2.00. The van der Waals surface area contributed by atoms with E-state index in [4.69, 9.17) is 0 Å². The SMILES string of the molecule is CC(C)C[C@@H](NC(=O)C[NH+]1CCN(c2ccc(O)cc2)CC1)c1ccccc1. The van der Waals surface area contributed by atoms with Crippen LogP contribution in [0.1, 0.15) is 31.9 Å². The molecule has 28 heavy (non-hydrogen) atoms. The molecular formula is C23H32N3O2+. The third kappa shape index (κ3) is 5.73. The second kappa shape index (κ2) is 9.60. The maximum Gasteiger partial charge on any atom is 0.275 e. The molecule has 0 radical (unpaired) electrons. The van der Waals surface area contributed by atoms with Crippen molar-refractivity contribution < 1.29 is 14.8 Å². The van der Waals surface area contributed by atoms with E-state index < -0.39 is 0 Å². The minimum atomic E-state index is 0.0754. The number of carbonyl (C=O) groups excluding carboxylic acids is 1. The molecule has 1 saturated heterocycles. The highest BCUT2D eigenvalue weighted by molar-refractivity contribution is 5.77. The molecule has 0 unspecified atom stereocenters. The standard InChI is InChI=1S/C23H31N3O2/c1-18(2)16-22(19-6-4-3-5-7-19)24-23(28)17-25-12-14-26(15-13-25)20-8-10-21(27)11-9-20/h3-11,18,22,27H,12-17H2,1-2H3,(H,24,28)/p+1/t22-/m1/s1. The van der Waals surface area contributed by atoms with Gasteiger partial charge in [0, 0.05) is 5.69 Å². The number of hydrogen-bond acceptors (Lipinski definition) is 3. The molecule has 150 valence electrons. The Morgan fingerprint density at radius 3 is 2.32 bits per heavy atom. The fraction of sp³-hybridized carbons (Fsp3) is 0.435. The first-order chi connectivity index (χ1) is 13.5. The lowest BCUT2D eigenvalue weighted by Crippen LogP contribution is -3.16. The van der Waals surface area contributed by atoms with Gasteiger partial charge in [0.15, 0.2) is 6.54 Å². The molecule has 0 aromatic heterocycles. The summed E-state index contributed by atoms with van der Waals surface area (Å²) < 4.78 is 0. The van der Waals surface area contributed by atoms with Crippen molar-refractivity contribution in [1.82, 2.24) is 5.32 Å². The molecular weight excluding hydrogens is 350 g/mol. The van der Waals surface area contributed by atoms with Crippen LogP contribution in [0, 0.1) is 5.92 Å². The topological polar surface area (TPSA) is 57.0 Å². The zero-order valence-electron chi connectivity index (χ0n) is 16.9. The van der Waals surface area contributed by atoms with E-state index in [1.54, 1.807) is 12.1 Å². The average molecular weight is 383 g/mol. The van der Waals surface area contributed by atoms with Gasteiger partial charge in [-0.1, -0.05) is 44.2 Å². The fourth-order valence-electron chi connectivity index (χ4n) is 3.83. The van der Waals surface area contributed by atoms with Gasteiger partial charge in [-0.05, 0) is 42.2 Å². The summed E-state index contributed by atoms with van der Waals surface area (Å²) in [6.45, 7) is 8.61. The highest BCUT2D eigenvalue weighted by atomic mass is 16.3. The average Bonchev–Trinajstić information content (AvgIpc) is 2.69. The van der Waals surface area contributed by atoms with Gasteiger partial charge in [-0.2, -0.15) is 0 Å². The highest BCUT2D eigenvalue weighted by Crippen LogP contribution is 2.21. The van der Waals surface area contributed by atoms with Crippen LogP contribution in [0.2, 0.25) is 0 Å². The number of piperazine rings is 1. The van der Waals surface area contributed by atoms with Crippen molar-refractivity contribution in [1.29, 1.82) is 0 Å². The number of nitrogens with one attached hydrogen (secondary N) is 2. The normalized spacial score (nSPS) is 16.2. The summed E-state index contributed by atoms with van der Waals surface area (Å²) in [6, 6.07) is 17.7. The van der Waals surface area contributed by atoms with Crippen molar-refractivity contribution in [3.8, 4) is 5.75 Å². The molecule has 3 rings (SSSR count). The minimum Gasteiger partial charge on any atom is -0.508 e. The van der Waals surface area contributed by atoms with Crippen molar-refractivity contribution in [2.24, 2.45) is 5.92 Å². The number of carbonyl (C=O) groups is 1. The van der Waals surface area contributed by atoms with E-state index in [0.29, 0.717) is 18.2 Å². The molecule has 5 heteroatoms. The van der Waals surface area contributed by atoms with Gasteiger partial charge in [-0.15, -0.1) is 0 Å². The Morgan fingerprint density at radius 1 is 1.07 bits per heavy atom. The second-order valence-electron chi connectivity index (χ2n) is 8.09. The van der Waals surface area contributed by atoms with Gasteiger partial charge in [0.2, 0.25) is 0 Å². The first-order valence-electron chi connectivity index (χ1n) is 10.2. The summed E-state index contributed by atoms with van der Waals surface area (Å²) >= 11 is 0. The quantitative estimate of drug-likeness (QED) is 0.687. The molecule has 2 aromatic rings. The summed E-state index contributed by atoms with van der Waals surface area (Å²) in [4.78, 5) is 16.3. The number of phenols is 1. The van der Waals surface area contributed by atoms with Crippen LogP contribution in [0.25, 0.3) is 0 Å². The predicted molar refractivity (Wildman–Crippen MR) is 113 cm³/mol. The Hall–Kier alpha value is -2.53. The van der Waals surface area contributed by atoms with Crippen LogP contribution < -0.4 is 15.1 Å². The highest BCUT2D eigenvalue weighted by Gasteiger charge is 2.24. The van der Waals surface area contributed by atoms with Crippen molar-refractivity contribution in [2.75, 3.05) is 37.6 Å². The van der Waals surface area contributed by atoms with E-state index in [1.807, 2.05) is 30.3 Å². The van der Waals surface area contributed by atoms with E-state index in [1.165, 1.54) is 10.5 Å². The van der Waals surface area contributed by atoms with Gasteiger partial charge >= 0.3 is 0 Å². The number of anilines is 1. The van der Waals surface area contributed by atoms with Crippen molar-refractivity contribution in [2.45, 2.75) is 26.3 Å². The molecule has 1 fully saturated rings. The minimum absolute atomic E-state index is 0.0754. The first kappa shape index (κ1) is 20.2. The van der Waals surface area contributed by atoms with Crippen molar-refractivity contribution >= 4 is 11.6 Å². The molecule has 1 amide bonds. The number of quaternary nitrogens is 1. The smallest absolute Gasteiger partial charge is 0.275 e. The summed E-state index contributed by atoms with van der Waals surface area (Å²) in [5, 5.41) is 12.7. The Kier molecular flexibility index (Phi) is 6.93. The molecule has 0 saturated carbocycles. The Morgan fingerprint density at radius 2 is 1.71 bits per heavy atom. The zero-order chi connectivity index (χ0) is 19.9. The molecule has 0 spiro atoms. The number of benzene rings is 2. The monoisotopic (exact) mass is 382 g/mol. The van der Waals surface area contributed by atoms with Crippen LogP contribution >= 0.6 is 0 Å². The summed E-state index contributed by atoms with van der Waals surface area (Å²) in [6.07, 6.45) is 0.944. The van der Waals surface area contributed by atoms with Gasteiger partial charge in [0.05, 0.1) is 32.2 Å². The lowest BCUT2D eigenvalue weighted by Gasteiger charge is -2.33. The van der Waals surface area contributed by atoms with Crippen LogP contribution in [-0.4, -0.2) is 43.7 Å². The lowest BCUT2D eigenvalue weighted by atomic mass is 9.97. The molecule has 1 aliphatic rings. The van der Waals surface area contributed by atoms with Gasteiger partial charge in [-0.25, -0.2) is 0 Å². The molecule has 2 aromatic carbocycles. The lowest BCUT2D eigenvalue weighted by molar-refractivity contribution is -0.892. The number of nitrogens with zero attached hydrogens (tertiary/aromatic N) is 1. The van der Waals surface area contributed by atoms with Crippen LogP contribution in [0.5, 0.6) is 5.75 Å². The molecule has 1 heterocycles. The van der Waals surface area contributed by atoms with Crippen molar-refractivity contribution in [3.63, 3.8) is 0 Å². The molecule has 5 nitrogen and oxygen atoms in total. The fourth-order valence-corrected chi connectivity index (χ4v) is 3.83. The second-order valence-corrected chi connectivity index (χ2v) is 8.09. The molecule has 3 N–H and O–H groups in total. The van der Waals surface area contributed by atoms with Gasteiger partial charge < -0.3 is 20.2 Å². The zero-order valence-corrected chi connectivity index (χ0v) is 16.9. The van der Waals surface area contributed by atoms with E-state index >= 15 is 0 Å². The van der Waals surface area contributed by atoms with Crippen LogP contribution in [-0.2, 0) is 4.79 Å². The van der Waals surface area contributed by atoms with Gasteiger partial charge in [0.25, 0.3) is 5.91 Å². The Bertz CT molecular complexity index is 738. The third-order valence-corrected chi connectivity index (χ3v) is 5.34. The third-order valence-electron chi connectivity index (χ3n) is 5.34. The van der Waals surface area contributed by atoms with Crippen LogP contribution in [0.4, 0.5) is 5.69 Å². The first-order valence-corrected chi connectivity index (χ1v) is 10.2. The molecule has 1 aliphatic heterocycles. The Labute approximate surface area is 168 Å². The van der Waals surface area contributed by atoms with Crippen molar-refractivity contribution in [3.05, 3.63) is 60.2 Å². The number of aromatic hydroxyl groups is 1. The number of phenolic OH excluding ortho intramolecular Hbond substituents is 1. The maximum absolute atomic E-state index is 12.7. The van der Waals surface area contributed by atoms with E-state index in [9.17, 15) is 9.90 Å². The summed E-state index contributed by atoms with van der Waals surface area (Å²) in [7, 11) is 0. The van der Waals surface area contributed by atoms with Gasteiger partial charge in [0.1, 0.15) is 5.75 Å².